The standard InChI is InChI=1S/C16H15N3O/c1-4-12-6-5-7-14(10-12)18-16(20)13-8-9-17-15(11-13)19(2)3/h1,5-11H,2-3H3,(H,18,20). The normalized spacial score (nSPS) is 9.65. The van der Waals surface area contributed by atoms with Crippen molar-refractivity contribution in [2.75, 3.05) is 24.3 Å². The molecule has 20 heavy (non-hydrogen) atoms. The van der Waals surface area contributed by atoms with Gasteiger partial charge in [0, 0.05) is 37.1 Å². The molecule has 4 heteroatoms. The average molecular weight is 265 g/mol. The summed E-state index contributed by atoms with van der Waals surface area (Å²) in [6.45, 7) is 0. The van der Waals surface area contributed by atoms with Gasteiger partial charge in [0.2, 0.25) is 0 Å². The van der Waals surface area contributed by atoms with Gasteiger partial charge >= 0.3 is 0 Å². The summed E-state index contributed by atoms with van der Waals surface area (Å²) in [5.74, 6) is 3.08. The molecule has 0 aliphatic carbocycles. The van der Waals surface area contributed by atoms with Crippen molar-refractivity contribution in [3.8, 4) is 12.3 Å². The average Bonchev–Trinajstić information content (AvgIpc) is 2.47. The number of nitrogens with zero attached hydrogens (tertiary/aromatic N) is 2. The summed E-state index contributed by atoms with van der Waals surface area (Å²) in [4.78, 5) is 18.2. The fourth-order valence-corrected chi connectivity index (χ4v) is 1.69. The summed E-state index contributed by atoms with van der Waals surface area (Å²) in [6.07, 6.45) is 6.95. The molecule has 0 radical (unpaired) electrons. The number of carbonyl (C=O) groups excluding carboxylic acids is 1. The van der Waals surface area contributed by atoms with Crippen LogP contribution < -0.4 is 10.2 Å². The maximum Gasteiger partial charge on any atom is 0.255 e. The number of amides is 1. The molecule has 2 rings (SSSR count). The van der Waals surface area contributed by atoms with Crippen molar-refractivity contribution in [2.24, 2.45) is 0 Å². The molecule has 0 saturated carbocycles. The molecule has 0 spiro atoms. The molecule has 0 saturated heterocycles. The zero-order chi connectivity index (χ0) is 14.5. The van der Waals surface area contributed by atoms with Gasteiger partial charge in [-0.1, -0.05) is 12.0 Å². The van der Waals surface area contributed by atoms with Crippen molar-refractivity contribution in [1.29, 1.82) is 0 Å². The smallest absolute Gasteiger partial charge is 0.255 e. The number of benzene rings is 1. The van der Waals surface area contributed by atoms with Crippen LogP contribution in [-0.2, 0) is 0 Å². The molecule has 0 bridgehead atoms. The van der Waals surface area contributed by atoms with Gasteiger partial charge in [0.1, 0.15) is 5.82 Å². The highest BCUT2D eigenvalue weighted by molar-refractivity contribution is 6.04. The maximum atomic E-state index is 12.2. The highest BCUT2D eigenvalue weighted by Crippen LogP contribution is 2.14. The van der Waals surface area contributed by atoms with Crippen LogP contribution in [0.15, 0.2) is 42.6 Å². The van der Waals surface area contributed by atoms with Gasteiger partial charge in [0.05, 0.1) is 0 Å². The third-order valence-corrected chi connectivity index (χ3v) is 2.75. The predicted octanol–water partition coefficient (Wildman–Crippen LogP) is 2.38. The van der Waals surface area contributed by atoms with E-state index in [2.05, 4.69) is 16.2 Å². The second-order valence-corrected chi connectivity index (χ2v) is 4.48. The van der Waals surface area contributed by atoms with Crippen molar-refractivity contribution in [3.63, 3.8) is 0 Å². The van der Waals surface area contributed by atoms with E-state index in [9.17, 15) is 4.79 Å². The second kappa shape index (κ2) is 5.89. The Labute approximate surface area is 118 Å². The SMILES string of the molecule is C#Cc1cccc(NC(=O)c2ccnc(N(C)C)c2)c1. The summed E-state index contributed by atoms with van der Waals surface area (Å²) >= 11 is 0. The molecule has 2 aromatic rings. The highest BCUT2D eigenvalue weighted by Gasteiger charge is 2.08. The van der Waals surface area contributed by atoms with E-state index in [1.165, 1.54) is 0 Å². The Morgan fingerprint density at radius 2 is 2.10 bits per heavy atom. The molecule has 0 atom stereocenters. The largest absolute Gasteiger partial charge is 0.363 e. The van der Waals surface area contributed by atoms with Gasteiger partial charge in [0.25, 0.3) is 5.91 Å². The van der Waals surface area contributed by atoms with Crippen LogP contribution in [0.25, 0.3) is 0 Å². The van der Waals surface area contributed by atoms with Crippen LogP contribution in [0.1, 0.15) is 15.9 Å². The van der Waals surface area contributed by atoms with Crippen LogP contribution in [0.5, 0.6) is 0 Å². The van der Waals surface area contributed by atoms with Crippen LogP contribution >= 0.6 is 0 Å². The van der Waals surface area contributed by atoms with E-state index >= 15 is 0 Å². The van der Waals surface area contributed by atoms with E-state index < -0.39 is 0 Å². The van der Waals surface area contributed by atoms with Crippen LogP contribution in [0.4, 0.5) is 11.5 Å². The molecule has 1 amide bonds. The first kappa shape index (κ1) is 13.6. The lowest BCUT2D eigenvalue weighted by Gasteiger charge is -2.12. The topological polar surface area (TPSA) is 45.2 Å². The van der Waals surface area contributed by atoms with E-state index in [1.54, 1.807) is 30.5 Å². The lowest BCUT2D eigenvalue weighted by molar-refractivity contribution is 0.102. The quantitative estimate of drug-likeness (QED) is 0.867. The van der Waals surface area contributed by atoms with Gasteiger partial charge in [-0.2, -0.15) is 0 Å². The molecule has 0 aliphatic heterocycles. The van der Waals surface area contributed by atoms with Crippen molar-refractivity contribution in [3.05, 3.63) is 53.7 Å². The van der Waals surface area contributed by atoms with E-state index in [0.717, 1.165) is 11.4 Å². The number of rotatable bonds is 3. The first-order valence-electron chi connectivity index (χ1n) is 6.11. The van der Waals surface area contributed by atoms with E-state index in [4.69, 9.17) is 6.42 Å². The Morgan fingerprint density at radius 1 is 1.30 bits per heavy atom. The van der Waals surface area contributed by atoms with E-state index in [-0.39, 0.29) is 5.91 Å². The second-order valence-electron chi connectivity index (χ2n) is 4.48. The molecule has 1 N–H and O–H groups in total. The monoisotopic (exact) mass is 265 g/mol. The lowest BCUT2D eigenvalue weighted by Crippen LogP contribution is -2.15. The van der Waals surface area contributed by atoms with Gasteiger partial charge in [-0.15, -0.1) is 6.42 Å². The number of anilines is 2. The van der Waals surface area contributed by atoms with Gasteiger partial charge < -0.3 is 10.2 Å². The van der Waals surface area contributed by atoms with Crippen LogP contribution in [0, 0.1) is 12.3 Å². The number of aromatic nitrogens is 1. The third-order valence-electron chi connectivity index (χ3n) is 2.75. The van der Waals surface area contributed by atoms with Crippen LogP contribution in [-0.4, -0.2) is 25.0 Å². The number of nitrogens with one attached hydrogen (secondary N) is 1. The third kappa shape index (κ3) is 3.15. The molecule has 4 nitrogen and oxygen atoms in total. The summed E-state index contributed by atoms with van der Waals surface area (Å²) < 4.78 is 0. The number of pyridine rings is 1. The zero-order valence-electron chi connectivity index (χ0n) is 11.4. The zero-order valence-corrected chi connectivity index (χ0v) is 11.4. The summed E-state index contributed by atoms with van der Waals surface area (Å²) in [7, 11) is 3.75. The van der Waals surface area contributed by atoms with Gasteiger partial charge in [-0.3, -0.25) is 4.79 Å². The first-order chi connectivity index (χ1) is 9.60. The van der Waals surface area contributed by atoms with Crippen molar-refractivity contribution in [2.45, 2.75) is 0 Å². The molecule has 0 aliphatic rings. The Bertz CT molecular complexity index is 671. The first-order valence-corrected chi connectivity index (χ1v) is 6.11. The molecule has 100 valence electrons. The summed E-state index contributed by atoms with van der Waals surface area (Å²) in [6, 6.07) is 10.6. The van der Waals surface area contributed by atoms with E-state index in [0.29, 0.717) is 11.3 Å². The number of hydrogen-bond acceptors (Lipinski definition) is 3. The molecule has 0 fully saturated rings. The minimum Gasteiger partial charge on any atom is -0.363 e. The van der Waals surface area contributed by atoms with Gasteiger partial charge in [-0.25, -0.2) is 4.98 Å². The summed E-state index contributed by atoms with van der Waals surface area (Å²) in [5.41, 5.74) is 1.95. The molecule has 1 heterocycles. The van der Waals surface area contributed by atoms with Crippen molar-refractivity contribution in [1.82, 2.24) is 4.98 Å². The molecule has 1 aromatic carbocycles. The fourth-order valence-electron chi connectivity index (χ4n) is 1.69. The Kier molecular flexibility index (Phi) is 4.02. The van der Waals surface area contributed by atoms with Crippen molar-refractivity contribution < 1.29 is 4.79 Å². The van der Waals surface area contributed by atoms with Gasteiger partial charge in [-0.05, 0) is 30.3 Å². The number of hydrogen-bond donors (Lipinski definition) is 1. The number of terminal acetylenes is 1. The molecule has 1 aromatic heterocycles. The fraction of sp³-hybridized carbons (Fsp3) is 0.125. The Morgan fingerprint density at radius 3 is 2.80 bits per heavy atom. The van der Waals surface area contributed by atoms with Crippen molar-refractivity contribution >= 4 is 17.4 Å². The van der Waals surface area contributed by atoms with E-state index in [1.807, 2.05) is 31.1 Å². The maximum absolute atomic E-state index is 12.2. The number of carbonyl (C=O) groups is 1. The minimum atomic E-state index is -0.190. The predicted molar refractivity (Wildman–Crippen MR) is 80.9 cm³/mol. The highest BCUT2D eigenvalue weighted by atomic mass is 16.1. The summed E-state index contributed by atoms with van der Waals surface area (Å²) in [5, 5.41) is 2.82. The lowest BCUT2D eigenvalue weighted by atomic mass is 10.2. The minimum absolute atomic E-state index is 0.190. The molecule has 0 unspecified atom stereocenters. The Hall–Kier alpha value is -2.80. The van der Waals surface area contributed by atoms with Gasteiger partial charge in [0.15, 0.2) is 0 Å². The Balaban J connectivity index is 2.19. The van der Waals surface area contributed by atoms with Crippen LogP contribution in [0.2, 0.25) is 0 Å². The molecular formula is C16H15N3O. The van der Waals surface area contributed by atoms with Crippen LogP contribution in [0.3, 0.4) is 0 Å². The molecular weight excluding hydrogens is 250 g/mol.